The van der Waals surface area contributed by atoms with Gasteiger partial charge in [0.05, 0.1) is 0 Å². The molecule has 0 bridgehead atoms. The van der Waals surface area contributed by atoms with Crippen molar-refractivity contribution in [3.05, 3.63) is 0 Å². The SMILES string of the molecule is CCC(C)S(=O)C1CCC(N)C1C. The van der Waals surface area contributed by atoms with Gasteiger partial charge in [0, 0.05) is 27.3 Å². The van der Waals surface area contributed by atoms with Crippen molar-refractivity contribution in [2.45, 2.75) is 56.6 Å². The summed E-state index contributed by atoms with van der Waals surface area (Å²) in [6, 6.07) is 0.276. The van der Waals surface area contributed by atoms with E-state index in [-0.39, 0.29) is 6.04 Å². The Morgan fingerprint density at radius 3 is 2.54 bits per heavy atom. The molecule has 0 aromatic heterocycles. The Balaban J connectivity index is 2.58. The van der Waals surface area contributed by atoms with Gasteiger partial charge in [0.25, 0.3) is 0 Å². The van der Waals surface area contributed by atoms with Gasteiger partial charge in [-0.25, -0.2) is 0 Å². The second kappa shape index (κ2) is 4.56. The minimum Gasteiger partial charge on any atom is -0.327 e. The van der Waals surface area contributed by atoms with Crippen LogP contribution in [-0.4, -0.2) is 20.8 Å². The highest BCUT2D eigenvalue weighted by atomic mass is 32.2. The van der Waals surface area contributed by atoms with Gasteiger partial charge in [-0.1, -0.05) is 20.8 Å². The molecule has 0 aromatic carbocycles. The number of hydrogen-bond acceptors (Lipinski definition) is 2. The molecular weight excluding hydrogens is 182 g/mol. The molecule has 78 valence electrons. The van der Waals surface area contributed by atoms with Crippen molar-refractivity contribution in [3.63, 3.8) is 0 Å². The summed E-state index contributed by atoms with van der Waals surface area (Å²) < 4.78 is 12.0. The van der Waals surface area contributed by atoms with Crippen LogP contribution in [-0.2, 0) is 10.8 Å². The lowest BCUT2D eigenvalue weighted by molar-refractivity contribution is 0.524. The highest BCUT2D eigenvalue weighted by Crippen LogP contribution is 2.30. The summed E-state index contributed by atoms with van der Waals surface area (Å²) in [5, 5.41) is 0.683. The largest absolute Gasteiger partial charge is 0.327 e. The van der Waals surface area contributed by atoms with Gasteiger partial charge in [0.15, 0.2) is 0 Å². The van der Waals surface area contributed by atoms with Crippen LogP contribution in [0, 0.1) is 5.92 Å². The van der Waals surface area contributed by atoms with Crippen LogP contribution in [0.3, 0.4) is 0 Å². The van der Waals surface area contributed by atoms with Gasteiger partial charge in [-0.15, -0.1) is 0 Å². The van der Waals surface area contributed by atoms with Crippen LogP contribution < -0.4 is 5.73 Å². The van der Waals surface area contributed by atoms with E-state index in [4.69, 9.17) is 5.73 Å². The molecule has 3 heteroatoms. The van der Waals surface area contributed by atoms with Gasteiger partial charge in [-0.3, -0.25) is 4.21 Å². The van der Waals surface area contributed by atoms with Crippen molar-refractivity contribution in [2.75, 3.05) is 0 Å². The zero-order valence-corrected chi connectivity index (χ0v) is 9.64. The maximum absolute atomic E-state index is 12.0. The molecule has 0 radical (unpaired) electrons. The van der Waals surface area contributed by atoms with E-state index in [1.54, 1.807) is 0 Å². The summed E-state index contributed by atoms with van der Waals surface area (Å²) in [6.07, 6.45) is 3.11. The molecular formula is C10H21NOS. The molecule has 2 nitrogen and oxygen atoms in total. The first-order valence-electron chi connectivity index (χ1n) is 5.22. The molecule has 0 heterocycles. The third kappa shape index (κ3) is 2.32. The van der Waals surface area contributed by atoms with Crippen LogP contribution in [0.2, 0.25) is 0 Å². The third-order valence-corrected chi connectivity index (χ3v) is 5.70. The first kappa shape index (κ1) is 11.2. The Labute approximate surface area is 83.7 Å². The van der Waals surface area contributed by atoms with Crippen molar-refractivity contribution in [1.29, 1.82) is 0 Å². The summed E-state index contributed by atoms with van der Waals surface area (Å²) in [7, 11) is -0.671. The molecule has 5 atom stereocenters. The second-order valence-corrected chi connectivity index (χ2v) is 6.25. The fourth-order valence-electron chi connectivity index (χ4n) is 1.95. The first-order valence-corrected chi connectivity index (χ1v) is 6.50. The molecule has 0 amide bonds. The van der Waals surface area contributed by atoms with E-state index in [9.17, 15) is 4.21 Å². The van der Waals surface area contributed by atoms with Crippen molar-refractivity contribution in [1.82, 2.24) is 0 Å². The molecule has 0 saturated heterocycles. The van der Waals surface area contributed by atoms with Gasteiger partial charge in [0.2, 0.25) is 0 Å². The van der Waals surface area contributed by atoms with E-state index in [1.165, 1.54) is 0 Å². The van der Waals surface area contributed by atoms with Gasteiger partial charge in [0.1, 0.15) is 0 Å². The van der Waals surface area contributed by atoms with Crippen LogP contribution in [0.25, 0.3) is 0 Å². The lowest BCUT2D eigenvalue weighted by Crippen LogP contribution is -2.32. The van der Waals surface area contributed by atoms with E-state index in [1.807, 2.05) is 0 Å². The summed E-state index contributed by atoms with van der Waals surface area (Å²) in [4.78, 5) is 0. The van der Waals surface area contributed by atoms with E-state index in [0.717, 1.165) is 19.3 Å². The highest BCUT2D eigenvalue weighted by Gasteiger charge is 2.35. The summed E-state index contributed by atoms with van der Waals surface area (Å²) in [5.41, 5.74) is 5.91. The molecule has 5 unspecified atom stereocenters. The van der Waals surface area contributed by atoms with Crippen LogP contribution >= 0.6 is 0 Å². The highest BCUT2D eigenvalue weighted by molar-refractivity contribution is 7.86. The van der Waals surface area contributed by atoms with Crippen LogP contribution in [0.5, 0.6) is 0 Å². The monoisotopic (exact) mass is 203 g/mol. The van der Waals surface area contributed by atoms with Crippen molar-refractivity contribution in [2.24, 2.45) is 11.7 Å². The van der Waals surface area contributed by atoms with Crippen LogP contribution in [0.4, 0.5) is 0 Å². The van der Waals surface area contributed by atoms with Gasteiger partial charge in [-0.2, -0.15) is 0 Å². The molecule has 1 aliphatic carbocycles. The Morgan fingerprint density at radius 2 is 2.15 bits per heavy atom. The normalized spacial score (nSPS) is 38.9. The Bertz CT molecular complexity index is 195. The van der Waals surface area contributed by atoms with Crippen LogP contribution in [0.15, 0.2) is 0 Å². The minimum absolute atomic E-state index is 0.276. The first-order chi connectivity index (χ1) is 6.07. The molecule has 0 aromatic rings. The van der Waals surface area contributed by atoms with E-state index in [0.29, 0.717) is 16.4 Å². The predicted molar refractivity (Wildman–Crippen MR) is 58.1 cm³/mol. The molecule has 0 aliphatic heterocycles. The quantitative estimate of drug-likeness (QED) is 0.758. The zero-order chi connectivity index (χ0) is 10.0. The Morgan fingerprint density at radius 1 is 1.54 bits per heavy atom. The number of nitrogens with two attached hydrogens (primary N) is 1. The average Bonchev–Trinajstić information content (AvgIpc) is 2.45. The van der Waals surface area contributed by atoms with Gasteiger partial charge < -0.3 is 5.73 Å². The predicted octanol–water partition coefficient (Wildman–Crippen LogP) is 1.66. The standard InChI is InChI=1S/C10H21NOS/c1-4-7(2)13(12)10-6-5-9(11)8(10)3/h7-10H,4-6,11H2,1-3H3. The molecule has 0 spiro atoms. The maximum Gasteiger partial charge on any atom is 0.0391 e. The fraction of sp³-hybridized carbons (Fsp3) is 1.00. The maximum atomic E-state index is 12.0. The van der Waals surface area contributed by atoms with Crippen molar-refractivity contribution >= 4 is 10.8 Å². The lowest BCUT2D eigenvalue weighted by atomic mass is 10.1. The van der Waals surface area contributed by atoms with E-state index < -0.39 is 10.8 Å². The smallest absolute Gasteiger partial charge is 0.0391 e. The van der Waals surface area contributed by atoms with E-state index in [2.05, 4.69) is 20.8 Å². The molecule has 2 N–H and O–H groups in total. The number of hydrogen-bond donors (Lipinski definition) is 1. The molecule has 13 heavy (non-hydrogen) atoms. The molecule has 1 saturated carbocycles. The average molecular weight is 203 g/mol. The van der Waals surface area contributed by atoms with Crippen molar-refractivity contribution < 1.29 is 4.21 Å². The molecule has 1 aliphatic rings. The van der Waals surface area contributed by atoms with Gasteiger partial charge >= 0.3 is 0 Å². The summed E-state index contributed by atoms with van der Waals surface area (Å²) in [6.45, 7) is 6.32. The Kier molecular flexibility index (Phi) is 3.92. The summed E-state index contributed by atoms with van der Waals surface area (Å²) >= 11 is 0. The molecule has 1 fully saturated rings. The Hall–Kier alpha value is 0.110. The lowest BCUT2D eigenvalue weighted by Gasteiger charge is -2.20. The van der Waals surface area contributed by atoms with Crippen LogP contribution in [0.1, 0.15) is 40.0 Å². The van der Waals surface area contributed by atoms with E-state index >= 15 is 0 Å². The second-order valence-electron chi connectivity index (χ2n) is 4.19. The van der Waals surface area contributed by atoms with Gasteiger partial charge in [-0.05, 0) is 25.2 Å². The summed E-state index contributed by atoms with van der Waals surface area (Å²) in [5.74, 6) is 0.440. The topological polar surface area (TPSA) is 43.1 Å². The number of rotatable bonds is 3. The third-order valence-electron chi connectivity index (χ3n) is 3.32. The van der Waals surface area contributed by atoms with Crippen molar-refractivity contribution in [3.8, 4) is 0 Å². The fourth-order valence-corrected chi connectivity index (χ4v) is 3.87. The minimum atomic E-state index is -0.671. The molecule has 1 rings (SSSR count). The zero-order valence-electron chi connectivity index (χ0n) is 8.82.